The highest BCUT2D eigenvalue weighted by atomic mass is 32.2. The number of primary amides is 1. The van der Waals surface area contributed by atoms with Gasteiger partial charge in [0, 0.05) is 9.75 Å². The van der Waals surface area contributed by atoms with Crippen molar-refractivity contribution in [1.82, 2.24) is 0 Å². The first-order chi connectivity index (χ1) is 7.77. The summed E-state index contributed by atoms with van der Waals surface area (Å²) in [7, 11) is 0. The molecular formula is C11H9NOS3. The van der Waals surface area contributed by atoms with Crippen molar-refractivity contribution < 1.29 is 4.79 Å². The minimum absolute atomic E-state index is 0.245. The fraction of sp³-hybridized carbons (Fsp3) is 0.182. The average Bonchev–Trinajstić information content (AvgIpc) is 2.86. The maximum atomic E-state index is 10.9. The molecule has 0 unspecified atom stereocenters. The lowest BCUT2D eigenvalue weighted by atomic mass is 10.2. The Kier molecular flexibility index (Phi) is 2.53. The Balaban J connectivity index is 1.98. The first-order valence-corrected chi connectivity index (χ1v) is 7.63. The number of carbonyl (C=O) groups is 1. The van der Waals surface area contributed by atoms with Gasteiger partial charge in [0.25, 0.3) is 0 Å². The smallest absolute Gasteiger partial charge is 0.227 e. The van der Waals surface area contributed by atoms with Crippen molar-refractivity contribution in [3.8, 4) is 9.75 Å². The van der Waals surface area contributed by atoms with Gasteiger partial charge in [-0.2, -0.15) is 0 Å². The molecule has 0 spiro atoms. The van der Waals surface area contributed by atoms with E-state index in [0.717, 1.165) is 0 Å². The van der Waals surface area contributed by atoms with E-state index in [-0.39, 0.29) is 5.91 Å². The van der Waals surface area contributed by atoms with E-state index in [1.807, 2.05) is 0 Å². The summed E-state index contributed by atoms with van der Waals surface area (Å²) in [4.78, 5) is 13.6. The minimum atomic E-state index is -0.245. The van der Waals surface area contributed by atoms with Crippen molar-refractivity contribution in [2.75, 3.05) is 5.75 Å². The molecule has 5 heteroatoms. The van der Waals surface area contributed by atoms with Crippen molar-refractivity contribution in [2.45, 2.75) is 5.25 Å². The number of amides is 1. The fourth-order valence-corrected chi connectivity index (χ4v) is 5.25. The number of thiophene rings is 2. The second-order valence-electron chi connectivity index (χ2n) is 3.57. The molecule has 3 rings (SSSR count). The lowest BCUT2D eigenvalue weighted by Gasteiger charge is -2.09. The topological polar surface area (TPSA) is 43.1 Å². The summed E-state index contributed by atoms with van der Waals surface area (Å²) in [5.41, 5.74) is 7.90. The van der Waals surface area contributed by atoms with Crippen LogP contribution in [0.15, 0.2) is 22.9 Å². The molecule has 2 N–H and O–H groups in total. The zero-order valence-electron chi connectivity index (χ0n) is 8.30. The SMILES string of the molecule is NC(=O)CSC1c2ccsc2-c2sccc21. The number of carbonyl (C=O) groups excluding carboxylic acids is 1. The first-order valence-electron chi connectivity index (χ1n) is 4.82. The van der Waals surface area contributed by atoms with Crippen LogP contribution in [0.5, 0.6) is 0 Å². The van der Waals surface area contributed by atoms with Gasteiger partial charge in [-0.05, 0) is 34.0 Å². The molecule has 0 saturated carbocycles. The normalized spacial score (nSPS) is 13.8. The highest BCUT2D eigenvalue weighted by Crippen LogP contribution is 2.54. The van der Waals surface area contributed by atoms with E-state index in [9.17, 15) is 4.79 Å². The molecule has 0 aliphatic heterocycles. The number of nitrogens with two attached hydrogens (primary N) is 1. The standard InChI is InChI=1S/C11H9NOS3/c12-8(13)5-16-9-6-1-3-14-10(6)11-7(9)2-4-15-11/h1-4,9H,5H2,(H2,12,13). The van der Waals surface area contributed by atoms with E-state index >= 15 is 0 Å². The van der Waals surface area contributed by atoms with Crippen LogP contribution >= 0.6 is 34.4 Å². The second-order valence-corrected chi connectivity index (χ2v) is 6.49. The predicted octanol–water partition coefficient (Wildman–Crippen LogP) is 3.10. The number of fused-ring (bicyclic) bond motifs is 3. The van der Waals surface area contributed by atoms with E-state index in [1.54, 1.807) is 34.4 Å². The van der Waals surface area contributed by atoms with Crippen LogP contribution in [0.1, 0.15) is 16.4 Å². The van der Waals surface area contributed by atoms with Gasteiger partial charge in [-0.3, -0.25) is 4.79 Å². The lowest BCUT2D eigenvalue weighted by molar-refractivity contribution is -0.115. The van der Waals surface area contributed by atoms with Crippen LogP contribution in [-0.4, -0.2) is 11.7 Å². The van der Waals surface area contributed by atoms with Gasteiger partial charge in [-0.1, -0.05) is 0 Å². The highest BCUT2D eigenvalue weighted by molar-refractivity contribution is 8.00. The molecule has 0 aromatic carbocycles. The summed E-state index contributed by atoms with van der Waals surface area (Å²) in [6.07, 6.45) is 0. The highest BCUT2D eigenvalue weighted by Gasteiger charge is 2.31. The van der Waals surface area contributed by atoms with Crippen LogP contribution < -0.4 is 5.73 Å². The molecule has 0 bridgehead atoms. The molecule has 0 saturated heterocycles. The zero-order valence-corrected chi connectivity index (χ0v) is 10.8. The number of rotatable bonds is 3. The van der Waals surface area contributed by atoms with E-state index in [0.29, 0.717) is 11.0 Å². The van der Waals surface area contributed by atoms with Crippen LogP contribution in [0.4, 0.5) is 0 Å². The second kappa shape index (κ2) is 3.91. The fourth-order valence-electron chi connectivity index (χ4n) is 1.93. The van der Waals surface area contributed by atoms with Gasteiger partial charge >= 0.3 is 0 Å². The van der Waals surface area contributed by atoms with Crippen LogP contribution in [-0.2, 0) is 4.79 Å². The Morgan fingerprint density at radius 1 is 1.25 bits per heavy atom. The quantitative estimate of drug-likeness (QED) is 0.928. The summed E-state index contributed by atoms with van der Waals surface area (Å²) in [5, 5.41) is 4.53. The molecule has 1 aliphatic rings. The molecule has 0 fully saturated rings. The van der Waals surface area contributed by atoms with Crippen molar-refractivity contribution >= 4 is 40.3 Å². The van der Waals surface area contributed by atoms with Crippen molar-refractivity contribution in [2.24, 2.45) is 5.73 Å². The third kappa shape index (κ3) is 1.50. The van der Waals surface area contributed by atoms with Crippen molar-refractivity contribution in [3.05, 3.63) is 34.0 Å². The minimum Gasteiger partial charge on any atom is -0.369 e. The largest absolute Gasteiger partial charge is 0.369 e. The number of hydrogen-bond acceptors (Lipinski definition) is 4. The van der Waals surface area contributed by atoms with Crippen LogP contribution in [0.2, 0.25) is 0 Å². The molecule has 2 aromatic heterocycles. The third-order valence-electron chi connectivity index (χ3n) is 2.55. The molecule has 1 aliphatic carbocycles. The summed E-state index contributed by atoms with van der Waals surface area (Å²) in [6, 6.07) is 4.32. The van der Waals surface area contributed by atoms with Crippen molar-refractivity contribution in [3.63, 3.8) is 0 Å². The Hall–Kier alpha value is -0.780. The molecule has 2 heterocycles. The maximum absolute atomic E-state index is 10.9. The van der Waals surface area contributed by atoms with E-state index in [4.69, 9.17) is 5.73 Å². The molecule has 2 aromatic rings. The van der Waals surface area contributed by atoms with E-state index in [2.05, 4.69) is 22.9 Å². The number of hydrogen-bond donors (Lipinski definition) is 1. The summed E-state index contributed by atoms with van der Waals surface area (Å²) in [5.74, 6) is 0.139. The zero-order chi connectivity index (χ0) is 11.1. The average molecular weight is 267 g/mol. The Morgan fingerprint density at radius 3 is 2.31 bits per heavy atom. The van der Waals surface area contributed by atoms with Gasteiger partial charge in [0.15, 0.2) is 0 Å². The number of thioether (sulfide) groups is 1. The summed E-state index contributed by atoms with van der Waals surface area (Å²) < 4.78 is 0. The van der Waals surface area contributed by atoms with Gasteiger partial charge in [0.05, 0.1) is 11.0 Å². The first kappa shape index (κ1) is 10.4. The Labute approximate surface area is 105 Å². The van der Waals surface area contributed by atoms with Crippen LogP contribution in [0, 0.1) is 0 Å². The predicted molar refractivity (Wildman–Crippen MR) is 71.1 cm³/mol. The summed E-state index contributed by atoms with van der Waals surface area (Å²) >= 11 is 5.18. The Bertz CT molecular complexity index is 503. The monoisotopic (exact) mass is 267 g/mol. The van der Waals surface area contributed by atoms with E-state index in [1.165, 1.54) is 20.9 Å². The molecule has 2 nitrogen and oxygen atoms in total. The van der Waals surface area contributed by atoms with Gasteiger partial charge in [0.1, 0.15) is 0 Å². The summed E-state index contributed by atoms with van der Waals surface area (Å²) in [6.45, 7) is 0. The lowest BCUT2D eigenvalue weighted by Crippen LogP contribution is -2.14. The van der Waals surface area contributed by atoms with Crippen LogP contribution in [0.25, 0.3) is 9.75 Å². The molecular weight excluding hydrogens is 258 g/mol. The van der Waals surface area contributed by atoms with Crippen molar-refractivity contribution in [1.29, 1.82) is 0 Å². The van der Waals surface area contributed by atoms with Gasteiger partial charge in [0.2, 0.25) is 5.91 Å². The molecule has 16 heavy (non-hydrogen) atoms. The Morgan fingerprint density at radius 2 is 1.81 bits per heavy atom. The van der Waals surface area contributed by atoms with Gasteiger partial charge in [-0.15, -0.1) is 34.4 Å². The molecule has 0 radical (unpaired) electrons. The maximum Gasteiger partial charge on any atom is 0.227 e. The molecule has 82 valence electrons. The van der Waals surface area contributed by atoms with E-state index < -0.39 is 0 Å². The molecule has 0 atom stereocenters. The van der Waals surface area contributed by atoms with Gasteiger partial charge in [-0.25, -0.2) is 0 Å². The van der Waals surface area contributed by atoms with Gasteiger partial charge < -0.3 is 5.73 Å². The molecule has 1 amide bonds. The van der Waals surface area contributed by atoms with Crippen LogP contribution in [0.3, 0.4) is 0 Å². The third-order valence-corrected chi connectivity index (χ3v) is 5.87.